The Kier molecular flexibility index (Phi) is 2.51. The highest BCUT2D eigenvalue weighted by Gasteiger charge is 2.17. The first-order valence-electron chi connectivity index (χ1n) is 4.59. The number of aliphatic hydroxyl groups excluding tert-OH is 1. The molecule has 0 radical (unpaired) electrons. The highest BCUT2D eigenvalue weighted by Crippen LogP contribution is 2.22. The van der Waals surface area contributed by atoms with Gasteiger partial charge in [-0.3, -0.25) is 0 Å². The van der Waals surface area contributed by atoms with Crippen molar-refractivity contribution in [3.8, 4) is 0 Å². The fourth-order valence-corrected chi connectivity index (χ4v) is 2.03. The predicted molar refractivity (Wildman–Crippen MR) is 58.2 cm³/mol. The van der Waals surface area contributed by atoms with Crippen LogP contribution in [0, 0.1) is 0 Å². The molecule has 0 bridgehead atoms. The van der Waals surface area contributed by atoms with E-state index in [0.29, 0.717) is 11.3 Å². The highest BCUT2D eigenvalue weighted by atomic mass is 32.2. The summed E-state index contributed by atoms with van der Waals surface area (Å²) in [4.78, 5) is 0.238. The summed E-state index contributed by atoms with van der Waals surface area (Å²) in [5, 5.41) is 12.0. The fraction of sp³-hybridized carbons (Fsp3) is 0.200. The minimum atomic E-state index is -3.19. The van der Waals surface area contributed by atoms with E-state index < -0.39 is 9.84 Å². The van der Waals surface area contributed by atoms with Crippen LogP contribution in [0.4, 0.5) is 0 Å². The molecule has 0 spiro atoms. The van der Waals surface area contributed by atoms with E-state index in [2.05, 4.69) is 5.32 Å². The van der Waals surface area contributed by atoms with Gasteiger partial charge in [-0.1, -0.05) is 0 Å². The summed E-state index contributed by atoms with van der Waals surface area (Å²) >= 11 is 0. The molecule has 6 heteroatoms. The molecular weight excluding hydrogens is 230 g/mol. The van der Waals surface area contributed by atoms with Gasteiger partial charge < -0.3 is 15.2 Å². The summed E-state index contributed by atoms with van der Waals surface area (Å²) in [6, 6.07) is 6.14. The zero-order valence-electron chi connectivity index (χ0n) is 8.60. The van der Waals surface area contributed by atoms with E-state index in [1.54, 1.807) is 12.1 Å². The van der Waals surface area contributed by atoms with Crippen LogP contribution in [0.5, 0.6) is 0 Å². The van der Waals surface area contributed by atoms with Crippen LogP contribution in [0.1, 0.15) is 5.56 Å². The van der Waals surface area contributed by atoms with E-state index in [0.717, 1.165) is 6.26 Å². The fourth-order valence-electron chi connectivity index (χ4n) is 1.40. The third-order valence-electron chi connectivity index (χ3n) is 2.22. The van der Waals surface area contributed by atoms with Gasteiger partial charge in [-0.05, 0) is 24.3 Å². The normalized spacial score (nSPS) is 15.8. The summed E-state index contributed by atoms with van der Waals surface area (Å²) in [5.74, 6) is 0.298. The molecule has 0 amide bonds. The lowest BCUT2D eigenvalue weighted by atomic mass is 10.2. The van der Waals surface area contributed by atoms with Gasteiger partial charge in [0, 0.05) is 11.8 Å². The number of aliphatic hydroxyl groups is 1. The number of hydrogen-bond acceptors (Lipinski definition) is 5. The van der Waals surface area contributed by atoms with Gasteiger partial charge >= 0.3 is 0 Å². The van der Waals surface area contributed by atoms with Crippen LogP contribution in [0.2, 0.25) is 0 Å². The molecule has 0 unspecified atom stereocenters. The molecule has 0 aliphatic carbocycles. The van der Waals surface area contributed by atoms with Crippen molar-refractivity contribution in [1.82, 2.24) is 5.32 Å². The number of nitrogens with one attached hydrogen (secondary N) is 1. The van der Waals surface area contributed by atoms with Crippen molar-refractivity contribution in [2.75, 3.05) is 13.0 Å². The van der Waals surface area contributed by atoms with Crippen molar-refractivity contribution in [3.63, 3.8) is 0 Å². The molecular formula is C10H11NO4S. The largest absolute Gasteiger partial charge is 0.492 e. The van der Waals surface area contributed by atoms with Gasteiger partial charge in [0.15, 0.2) is 22.3 Å². The topological polar surface area (TPSA) is 75.6 Å². The summed E-state index contributed by atoms with van der Waals surface area (Å²) < 4.78 is 27.6. The zero-order valence-corrected chi connectivity index (χ0v) is 9.41. The van der Waals surface area contributed by atoms with Gasteiger partial charge in [-0.25, -0.2) is 8.42 Å². The van der Waals surface area contributed by atoms with Crippen molar-refractivity contribution in [1.29, 1.82) is 0 Å². The van der Waals surface area contributed by atoms with Gasteiger partial charge in [0.1, 0.15) is 0 Å². The SMILES string of the molecule is CS(=O)(=O)c1ccc(C2=C(O)NCO2)cc1. The number of ether oxygens (including phenoxy) is 1. The molecule has 0 saturated carbocycles. The summed E-state index contributed by atoms with van der Waals surface area (Å²) in [7, 11) is -3.19. The molecule has 1 heterocycles. The Hall–Kier alpha value is -1.69. The summed E-state index contributed by atoms with van der Waals surface area (Å²) in [5.41, 5.74) is 0.634. The lowest BCUT2D eigenvalue weighted by Gasteiger charge is -2.03. The molecule has 0 aromatic heterocycles. The Morgan fingerprint density at radius 2 is 1.94 bits per heavy atom. The molecule has 1 aromatic rings. The minimum Gasteiger partial charge on any atom is -0.492 e. The molecule has 86 valence electrons. The second-order valence-electron chi connectivity index (χ2n) is 3.44. The molecule has 2 N–H and O–H groups in total. The molecule has 16 heavy (non-hydrogen) atoms. The van der Waals surface area contributed by atoms with Crippen LogP contribution in [0.3, 0.4) is 0 Å². The van der Waals surface area contributed by atoms with Crippen molar-refractivity contribution in [3.05, 3.63) is 35.7 Å². The Bertz CT molecular complexity index is 530. The van der Waals surface area contributed by atoms with Gasteiger partial charge in [0.05, 0.1) is 4.90 Å². The van der Waals surface area contributed by atoms with Gasteiger partial charge in [0.2, 0.25) is 5.88 Å². The van der Waals surface area contributed by atoms with Crippen LogP contribution in [-0.4, -0.2) is 26.5 Å². The van der Waals surface area contributed by atoms with Crippen LogP contribution < -0.4 is 5.32 Å². The lowest BCUT2D eigenvalue weighted by molar-refractivity contribution is 0.285. The van der Waals surface area contributed by atoms with E-state index >= 15 is 0 Å². The maximum absolute atomic E-state index is 11.2. The maximum atomic E-state index is 11.2. The molecule has 2 rings (SSSR count). The van der Waals surface area contributed by atoms with E-state index in [1.165, 1.54) is 12.1 Å². The van der Waals surface area contributed by atoms with E-state index in [-0.39, 0.29) is 17.5 Å². The van der Waals surface area contributed by atoms with E-state index in [4.69, 9.17) is 4.74 Å². The Morgan fingerprint density at radius 1 is 1.31 bits per heavy atom. The first kappa shape index (κ1) is 10.8. The monoisotopic (exact) mass is 241 g/mol. The van der Waals surface area contributed by atoms with Crippen molar-refractivity contribution in [2.24, 2.45) is 0 Å². The van der Waals surface area contributed by atoms with Crippen molar-refractivity contribution >= 4 is 15.6 Å². The van der Waals surface area contributed by atoms with Crippen LogP contribution in [-0.2, 0) is 14.6 Å². The van der Waals surface area contributed by atoms with Gasteiger partial charge in [-0.2, -0.15) is 0 Å². The lowest BCUT2D eigenvalue weighted by Crippen LogP contribution is -2.06. The smallest absolute Gasteiger partial charge is 0.231 e. The second kappa shape index (κ2) is 3.71. The highest BCUT2D eigenvalue weighted by molar-refractivity contribution is 7.90. The average Bonchev–Trinajstić information content (AvgIpc) is 2.63. The van der Waals surface area contributed by atoms with Crippen molar-refractivity contribution in [2.45, 2.75) is 4.90 Å². The molecule has 1 aliphatic rings. The summed E-state index contributed by atoms with van der Waals surface area (Å²) in [6.07, 6.45) is 1.15. The molecule has 0 fully saturated rings. The van der Waals surface area contributed by atoms with Crippen LogP contribution in [0.15, 0.2) is 35.0 Å². The van der Waals surface area contributed by atoms with Gasteiger partial charge in [-0.15, -0.1) is 0 Å². The molecule has 0 saturated heterocycles. The predicted octanol–water partition coefficient (Wildman–Crippen LogP) is 0.852. The number of hydrogen-bond donors (Lipinski definition) is 2. The third kappa shape index (κ3) is 1.96. The first-order valence-corrected chi connectivity index (χ1v) is 6.48. The zero-order chi connectivity index (χ0) is 11.8. The Balaban J connectivity index is 2.37. The number of sulfone groups is 1. The second-order valence-corrected chi connectivity index (χ2v) is 5.46. The molecule has 0 atom stereocenters. The molecule has 1 aromatic carbocycles. The van der Waals surface area contributed by atoms with Crippen molar-refractivity contribution < 1.29 is 18.3 Å². The Morgan fingerprint density at radius 3 is 2.38 bits per heavy atom. The van der Waals surface area contributed by atoms with Crippen LogP contribution in [0.25, 0.3) is 5.76 Å². The third-order valence-corrected chi connectivity index (χ3v) is 3.34. The van der Waals surface area contributed by atoms with E-state index in [1.807, 2.05) is 0 Å². The molecule has 5 nitrogen and oxygen atoms in total. The number of rotatable bonds is 2. The maximum Gasteiger partial charge on any atom is 0.231 e. The summed E-state index contributed by atoms with van der Waals surface area (Å²) in [6.45, 7) is 0.217. The standard InChI is InChI=1S/C10H11NO4S/c1-16(13,14)8-4-2-7(3-5-8)9-10(12)11-6-15-9/h2-5,11-12H,6H2,1H3. The Labute approximate surface area is 93.3 Å². The first-order chi connectivity index (χ1) is 7.48. The minimum absolute atomic E-state index is 0.0351. The van der Waals surface area contributed by atoms with Crippen LogP contribution >= 0.6 is 0 Å². The number of benzene rings is 1. The van der Waals surface area contributed by atoms with E-state index in [9.17, 15) is 13.5 Å². The quantitative estimate of drug-likeness (QED) is 0.803. The molecule has 1 aliphatic heterocycles. The average molecular weight is 241 g/mol. The van der Waals surface area contributed by atoms with Gasteiger partial charge in [0.25, 0.3) is 0 Å².